The smallest absolute Gasteiger partial charge is 0.298 e. The summed E-state index contributed by atoms with van der Waals surface area (Å²) in [5.41, 5.74) is 2.79. The van der Waals surface area contributed by atoms with Crippen molar-refractivity contribution in [1.29, 1.82) is 0 Å². The zero-order chi connectivity index (χ0) is 22.3. The van der Waals surface area contributed by atoms with Crippen LogP contribution in [0.1, 0.15) is 17.1 Å². The minimum Gasteiger partial charge on any atom is -0.462 e. The predicted molar refractivity (Wildman–Crippen MR) is 116 cm³/mol. The predicted octanol–water partition coefficient (Wildman–Crippen LogP) is 4.35. The van der Waals surface area contributed by atoms with Gasteiger partial charge in [0.05, 0.1) is 22.8 Å². The van der Waals surface area contributed by atoms with Crippen LogP contribution in [0.15, 0.2) is 65.3 Å². The summed E-state index contributed by atoms with van der Waals surface area (Å²) < 4.78 is 15.5. The molecule has 0 saturated heterocycles. The summed E-state index contributed by atoms with van der Waals surface area (Å²) >= 11 is 0. The van der Waals surface area contributed by atoms with Gasteiger partial charge in [0.2, 0.25) is 0 Å². The van der Waals surface area contributed by atoms with Crippen LogP contribution >= 0.6 is 0 Å². The van der Waals surface area contributed by atoms with Gasteiger partial charge in [-0.05, 0) is 48.9 Å². The lowest BCUT2D eigenvalue weighted by molar-refractivity contribution is -0.121. The van der Waals surface area contributed by atoms with Crippen molar-refractivity contribution in [3.05, 3.63) is 78.0 Å². The number of carbonyl (C=O) groups excluding carboxylic acids is 2. The van der Waals surface area contributed by atoms with Crippen LogP contribution in [0.3, 0.4) is 0 Å². The average Bonchev–Trinajstić information content (AvgIpc) is 3.23. The molecule has 0 amide bonds. The van der Waals surface area contributed by atoms with E-state index in [1.807, 2.05) is 43.3 Å². The van der Waals surface area contributed by atoms with E-state index in [2.05, 4.69) is 15.0 Å². The fourth-order valence-corrected chi connectivity index (χ4v) is 2.98. The molecular weight excluding hydrogens is 410 g/mol. The molecule has 0 atom stereocenters. The third-order valence-corrected chi connectivity index (χ3v) is 4.41. The van der Waals surface area contributed by atoms with Crippen molar-refractivity contribution in [1.82, 2.24) is 15.0 Å². The molecule has 0 bridgehead atoms. The van der Waals surface area contributed by atoms with Gasteiger partial charge in [0, 0.05) is 30.6 Å². The molecule has 0 radical (unpaired) electrons. The first-order valence-corrected chi connectivity index (χ1v) is 9.54. The molecule has 0 unspecified atom stereocenters. The molecule has 0 aromatic carbocycles. The number of hydrogen-bond acceptors (Lipinski definition) is 8. The first-order valence-electron chi connectivity index (χ1n) is 9.54. The normalized spacial score (nSPS) is 10.8. The van der Waals surface area contributed by atoms with Crippen LogP contribution in [-0.4, -0.2) is 27.9 Å². The van der Waals surface area contributed by atoms with Crippen molar-refractivity contribution in [2.75, 3.05) is 0 Å². The lowest BCUT2D eigenvalue weighted by Gasteiger charge is -2.08. The van der Waals surface area contributed by atoms with Crippen LogP contribution in [0.4, 0.5) is 0 Å². The highest BCUT2D eigenvalue weighted by atomic mass is 16.5. The fourth-order valence-electron chi connectivity index (χ4n) is 2.98. The molecule has 32 heavy (non-hydrogen) atoms. The zero-order valence-electron chi connectivity index (χ0n) is 17.0. The first kappa shape index (κ1) is 20.7. The highest BCUT2D eigenvalue weighted by Gasteiger charge is 2.11. The van der Waals surface area contributed by atoms with E-state index in [0.717, 1.165) is 17.1 Å². The van der Waals surface area contributed by atoms with Crippen molar-refractivity contribution in [2.45, 2.75) is 6.92 Å². The molecule has 8 heteroatoms. The molecule has 158 valence electrons. The molecule has 4 rings (SSSR count). The van der Waals surface area contributed by atoms with E-state index in [-0.39, 0.29) is 5.75 Å². The van der Waals surface area contributed by atoms with Crippen molar-refractivity contribution < 1.29 is 23.5 Å². The molecule has 0 saturated carbocycles. The van der Waals surface area contributed by atoms with Gasteiger partial charge < -0.3 is 13.9 Å². The van der Waals surface area contributed by atoms with Crippen LogP contribution < -0.4 is 9.47 Å². The van der Waals surface area contributed by atoms with E-state index in [4.69, 9.17) is 13.9 Å². The van der Waals surface area contributed by atoms with E-state index < -0.39 is 0 Å². The summed E-state index contributed by atoms with van der Waals surface area (Å²) in [5, 5.41) is 0. The van der Waals surface area contributed by atoms with Gasteiger partial charge in [0.1, 0.15) is 23.0 Å². The molecule has 8 nitrogen and oxygen atoms in total. The summed E-state index contributed by atoms with van der Waals surface area (Å²) in [4.78, 5) is 34.9. The van der Waals surface area contributed by atoms with Crippen LogP contribution in [0, 0.1) is 6.92 Å². The molecular formula is C24H17N3O5. The van der Waals surface area contributed by atoms with Gasteiger partial charge in [0.15, 0.2) is 0 Å². The number of pyridine rings is 3. The summed E-state index contributed by atoms with van der Waals surface area (Å²) in [5.74, 6) is 2.16. The van der Waals surface area contributed by atoms with E-state index in [0.29, 0.717) is 41.5 Å². The standard InChI is InChI=1S/C24H17N3O5/c1-16-2-4-18(32-16)5-3-17-6-8-25-21(10-17)23-12-20(31-15-29)13-24(27-23)22-11-19(30-14-28)7-9-26-22/h2-15H,1H3/b5-3+. The second kappa shape index (κ2) is 9.48. The average molecular weight is 427 g/mol. The number of ether oxygens (including phenoxy) is 2. The van der Waals surface area contributed by atoms with Crippen molar-refractivity contribution in [3.8, 4) is 34.3 Å². The molecule has 0 N–H and O–H groups in total. The monoisotopic (exact) mass is 427 g/mol. The van der Waals surface area contributed by atoms with Gasteiger partial charge >= 0.3 is 0 Å². The molecule has 0 aliphatic carbocycles. The second-order valence-corrected chi connectivity index (χ2v) is 6.63. The van der Waals surface area contributed by atoms with Crippen LogP contribution in [0.25, 0.3) is 34.9 Å². The Morgan fingerprint density at radius 2 is 1.41 bits per heavy atom. The SMILES string of the molecule is Cc1ccc(/C=C/c2ccnc(-c3cc(OC=O)cc(-c4cc(OC=O)ccn4)n3)c2)o1. The van der Waals surface area contributed by atoms with E-state index in [1.54, 1.807) is 30.5 Å². The van der Waals surface area contributed by atoms with Crippen LogP contribution in [0.2, 0.25) is 0 Å². The summed E-state index contributed by atoms with van der Waals surface area (Å²) in [6.45, 7) is 2.55. The van der Waals surface area contributed by atoms with Crippen molar-refractivity contribution in [2.24, 2.45) is 0 Å². The maximum Gasteiger partial charge on any atom is 0.298 e. The molecule has 0 fully saturated rings. The Hall–Kier alpha value is -4.59. The number of aryl methyl sites for hydroxylation is 1. The lowest BCUT2D eigenvalue weighted by atomic mass is 10.1. The van der Waals surface area contributed by atoms with Crippen LogP contribution in [-0.2, 0) is 9.59 Å². The third-order valence-electron chi connectivity index (χ3n) is 4.41. The highest BCUT2D eigenvalue weighted by molar-refractivity contribution is 5.72. The van der Waals surface area contributed by atoms with Gasteiger partial charge in [0.25, 0.3) is 12.9 Å². The first-order chi connectivity index (χ1) is 15.6. The third kappa shape index (κ3) is 4.93. The molecule has 0 spiro atoms. The molecule has 4 aromatic rings. The quantitative estimate of drug-likeness (QED) is 0.382. The number of nitrogens with zero attached hydrogens (tertiary/aromatic N) is 3. The number of hydrogen-bond donors (Lipinski definition) is 0. The molecule has 4 aromatic heterocycles. The number of furan rings is 1. The zero-order valence-corrected chi connectivity index (χ0v) is 17.0. The largest absolute Gasteiger partial charge is 0.462 e. The van der Waals surface area contributed by atoms with Gasteiger partial charge in [-0.2, -0.15) is 0 Å². The summed E-state index contributed by atoms with van der Waals surface area (Å²) in [7, 11) is 0. The summed E-state index contributed by atoms with van der Waals surface area (Å²) in [6.07, 6.45) is 6.91. The number of carbonyl (C=O) groups is 2. The Bertz CT molecular complexity index is 1300. The Morgan fingerprint density at radius 3 is 2.09 bits per heavy atom. The minimum atomic E-state index is 0.275. The summed E-state index contributed by atoms with van der Waals surface area (Å²) in [6, 6.07) is 13.8. The highest BCUT2D eigenvalue weighted by Crippen LogP contribution is 2.28. The topological polar surface area (TPSA) is 104 Å². The Balaban J connectivity index is 1.71. The van der Waals surface area contributed by atoms with Crippen molar-refractivity contribution in [3.63, 3.8) is 0 Å². The molecule has 0 aliphatic heterocycles. The number of aromatic nitrogens is 3. The molecule has 4 heterocycles. The second-order valence-electron chi connectivity index (χ2n) is 6.63. The Morgan fingerprint density at radius 1 is 0.750 bits per heavy atom. The Labute approximate surface area is 183 Å². The van der Waals surface area contributed by atoms with E-state index in [1.165, 1.54) is 6.20 Å². The minimum absolute atomic E-state index is 0.275. The van der Waals surface area contributed by atoms with Crippen LogP contribution in [0.5, 0.6) is 11.5 Å². The maximum absolute atomic E-state index is 10.9. The fraction of sp³-hybridized carbons (Fsp3) is 0.0417. The van der Waals surface area contributed by atoms with E-state index >= 15 is 0 Å². The van der Waals surface area contributed by atoms with Gasteiger partial charge in [-0.25, -0.2) is 4.98 Å². The number of rotatable bonds is 8. The Kier molecular flexibility index (Phi) is 6.12. The maximum atomic E-state index is 10.9. The van der Waals surface area contributed by atoms with E-state index in [9.17, 15) is 9.59 Å². The van der Waals surface area contributed by atoms with Gasteiger partial charge in [-0.3, -0.25) is 19.6 Å². The lowest BCUT2D eigenvalue weighted by Crippen LogP contribution is -1.97. The van der Waals surface area contributed by atoms with Gasteiger partial charge in [-0.1, -0.05) is 6.08 Å². The van der Waals surface area contributed by atoms with Gasteiger partial charge in [-0.15, -0.1) is 0 Å². The van der Waals surface area contributed by atoms with Crippen molar-refractivity contribution >= 4 is 25.1 Å². The molecule has 0 aliphatic rings.